The molecule has 0 bridgehead atoms. The molecule has 2 heterocycles. The molecular formula is C22H35N3O3S. The van der Waals surface area contributed by atoms with E-state index in [2.05, 4.69) is 31.3 Å². The Hall–Kier alpha value is -1.63. The SMILES string of the molecule is CO/N=C(/CC1CCCCC1)c1csc(C2CCN(C(=O)O)C(C(C)(C)C)C2)n1. The summed E-state index contributed by atoms with van der Waals surface area (Å²) in [6, 6.07) is 0.000418. The fourth-order valence-electron chi connectivity index (χ4n) is 4.81. The minimum Gasteiger partial charge on any atom is -0.465 e. The number of oxime groups is 1. The van der Waals surface area contributed by atoms with Gasteiger partial charge in [0, 0.05) is 23.9 Å². The third-order valence-electron chi connectivity index (χ3n) is 6.42. The maximum absolute atomic E-state index is 11.7. The second-order valence-corrected chi connectivity index (χ2v) is 10.5. The second-order valence-electron chi connectivity index (χ2n) is 9.58. The van der Waals surface area contributed by atoms with E-state index >= 15 is 0 Å². The summed E-state index contributed by atoms with van der Waals surface area (Å²) >= 11 is 1.68. The number of aromatic nitrogens is 1. The second kappa shape index (κ2) is 9.45. The van der Waals surface area contributed by atoms with Gasteiger partial charge in [0.05, 0.1) is 10.7 Å². The van der Waals surface area contributed by atoms with Crippen molar-refractivity contribution in [2.75, 3.05) is 13.7 Å². The van der Waals surface area contributed by atoms with E-state index in [0.29, 0.717) is 18.4 Å². The Morgan fingerprint density at radius 2 is 2.03 bits per heavy atom. The van der Waals surface area contributed by atoms with E-state index in [1.807, 2.05) is 0 Å². The van der Waals surface area contributed by atoms with Gasteiger partial charge in [0.2, 0.25) is 0 Å². The van der Waals surface area contributed by atoms with E-state index in [-0.39, 0.29) is 11.5 Å². The third-order valence-corrected chi connectivity index (χ3v) is 7.43. The van der Waals surface area contributed by atoms with Crippen molar-refractivity contribution in [2.45, 2.75) is 84.1 Å². The average molecular weight is 422 g/mol. The average Bonchev–Trinajstić information content (AvgIpc) is 3.17. The molecule has 0 spiro atoms. The van der Waals surface area contributed by atoms with Crippen molar-refractivity contribution in [2.24, 2.45) is 16.5 Å². The summed E-state index contributed by atoms with van der Waals surface area (Å²) < 4.78 is 0. The highest BCUT2D eigenvalue weighted by Crippen LogP contribution is 2.40. The van der Waals surface area contributed by atoms with E-state index in [1.165, 1.54) is 32.1 Å². The number of rotatable bonds is 5. The van der Waals surface area contributed by atoms with Crippen molar-refractivity contribution in [3.8, 4) is 0 Å². The molecular weight excluding hydrogens is 386 g/mol. The van der Waals surface area contributed by atoms with Gasteiger partial charge < -0.3 is 14.8 Å². The van der Waals surface area contributed by atoms with Crippen LogP contribution in [0.1, 0.15) is 88.8 Å². The first kappa shape index (κ1) is 22.1. The molecule has 1 aliphatic heterocycles. The molecule has 1 N–H and O–H groups in total. The van der Waals surface area contributed by atoms with E-state index in [0.717, 1.165) is 35.7 Å². The standard InChI is InChI=1S/C22H35N3O3S/c1-22(2,3)19-13-16(10-11-25(19)21(26)27)20-23-18(14-29-20)17(24-28-4)12-15-8-6-5-7-9-15/h14-16,19H,5-13H2,1-4H3,(H,26,27)/b24-17-. The summed E-state index contributed by atoms with van der Waals surface area (Å²) in [5.74, 6) is 0.971. The molecule has 1 amide bonds. The lowest BCUT2D eigenvalue weighted by Gasteiger charge is -2.44. The molecule has 2 atom stereocenters. The Bertz CT molecular complexity index is 719. The van der Waals surface area contributed by atoms with Crippen LogP contribution in [0.4, 0.5) is 4.79 Å². The first-order valence-corrected chi connectivity index (χ1v) is 11.7. The van der Waals surface area contributed by atoms with Crippen LogP contribution in [0.2, 0.25) is 0 Å². The summed E-state index contributed by atoms with van der Waals surface area (Å²) in [6.07, 6.45) is 8.25. The van der Waals surface area contributed by atoms with Crippen LogP contribution in [0, 0.1) is 11.3 Å². The van der Waals surface area contributed by atoms with Crippen LogP contribution in [0.15, 0.2) is 10.5 Å². The Morgan fingerprint density at radius 3 is 2.66 bits per heavy atom. The minimum atomic E-state index is -0.815. The minimum absolute atomic E-state index is 0.000418. The number of carbonyl (C=O) groups is 1. The van der Waals surface area contributed by atoms with E-state index in [1.54, 1.807) is 23.3 Å². The molecule has 3 rings (SSSR count). The van der Waals surface area contributed by atoms with Crippen molar-refractivity contribution in [3.05, 3.63) is 16.1 Å². The Morgan fingerprint density at radius 1 is 1.31 bits per heavy atom. The fourth-order valence-corrected chi connectivity index (χ4v) is 5.79. The summed E-state index contributed by atoms with van der Waals surface area (Å²) in [6.45, 7) is 6.93. The lowest BCUT2D eigenvalue weighted by molar-refractivity contribution is 0.0525. The molecule has 2 unspecified atom stereocenters. The number of likely N-dealkylation sites (tertiary alicyclic amines) is 1. The van der Waals surface area contributed by atoms with Gasteiger partial charge in [-0.1, -0.05) is 58.0 Å². The molecule has 0 aromatic carbocycles. The number of piperidine rings is 1. The zero-order valence-corrected chi connectivity index (χ0v) is 19.0. The summed E-state index contributed by atoms with van der Waals surface area (Å²) in [5, 5.41) is 17.1. The van der Waals surface area contributed by atoms with Crippen LogP contribution in [0.5, 0.6) is 0 Å². The molecule has 2 fully saturated rings. The highest BCUT2D eigenvalue weighted by atomic mass is 32.1. The molecule has 1 saturated heterocycles. The van der Waals surface area contributed by atoms with Crippen molar-refractivity contribution in [1.82, 2.24) is 9.88 Å². The largest absolute Gasteiger partial charge is 0.465 e. The molecule has 0 radical (unpaired) electrons. The maximum atomic E-state index is 11.7. The van der Waals surface area contributed by atoms with Crippen molar-refractivity contribution in [1.29, 1.82) is 0 Å². The van der Waals surface area contributed by atoms with E-state index in [9.17, 15) is 9.90 Å². The molecule has 29 heavy (non-hydrogen) atoms. The number of carboxylic acid groups (broad SMARTS) is 1. The zero-order chi connectivity index (χ0) is 21.0. The third kappa shape index (κ3) is 5.50. The number of hydrogen-bond donors (Lipinski definition) is 1. The predicted molar refractivity (Wildman–Crippen MR) is 117 cm³/mol. The summed E-state index contributed by atoms with van der Waals surface area (Å²) in [4.78, 5) is 23.4. The van der Waals surface area contributed by atoms with Crippen LogP contribution >= 0.6 is 11.3 Å². The molecule has 162 valence electrons. The molecule has 6 nitrogen and oxygen atoms in total. The number of amides is 1. The first-order valence-electron chi connectivity index (χ1n) is 10.8. The van der Waals surface area contributed by atoms with E-state index < -0.39 is 6.09 Å². The van der Waals surface area contributed by atoms with Gasteiger partial charge in [-0.25, -0.2) is 9.78 Å². The number of nitrogens with zero attached hydrogens (tertiary/aromatic N) is 3. The predicted octanol–water partition coefficient (Wildman–Crippen LogP) is 5.74. The molecule has 1 aliphatic carbocycles. The Labute approximate surface area is 178 Å². The van der Waals surface area contributed by atoms with Crippen molar-refractivity contribution in [3.63, 3.8) is 0 Å². The van der Waals surface area contributed by atoms with Gasteiger partial charge in [-0.05, 0) is 30.6 Å². The van der Waals surface area contributed by atoms with Crippen molar-refractivity contribution < 1.29 is 14.7 Å². The number of hydrogen-bond acceptors (Lipinski definition) is 5. The van der Waals surface area contributed by atoms with Gasteiger partial charge >= 0.3 is 6.09 Å². The molecule has 2 aliphatic rings. The first-order chi connectivity index (χ1) is 13.8. The topological polar surface area (TPSA) is 75.0 Å². The van der Waals surface area contributed by atoms with Crippen molar-refractivity contribution >= 4 is 23.1 Å². The van der Waals surface area contributed by atoms with Gasteiger partial charge in [-0.15, -0.1) is 11.3 Å². The lowest BCUT2D eigenvalue weighted by atomic mass is 9.77. The fraction of sp³-hybridized carbons (Fsp3) is 0.773. The maximum Gasteiger partial charge on any atom is 0.407 e. The normalized spacial score (nSPS) is 24.6. The van der Waals surface area contributed by atoms with Gasteiger partial charge in [0.15, 0.2) is 0 Å². The molecule has 1 aromatic heterocycles. The van der Waals surface area contributed by atoms with E-state index in [4.69, 9.17) is 9.82 Å². The zero-order valence-electron chi connectivity index (χ0n) is 18.2. The smallest absolute Gasteiger partial charge is 0.407 e. The molecule has 7 heteroatoms. The van der Waals surface area contributed by atoms with Crippen LogP contribution in [-0.4, -0.2) is 46.5 Å². The van der Waals surface area contributed by atoms with Crippen LogP contribution in [0.3, 0.4) is 0 Å². The molecule has 1 aromatic rings. The van der Waals surface area contributed by atoms with Gasteiger partial charge in [0.25, 0.3) is 0 Å². The highest BCUT2D eigenvalue weighted by Gasteiger charge is 2.39. The lowest BCUT2D eigenvalue weighted by Crippen LogP contribution is -2.51. The van der Waals surface area contributed by atoms with Gasteiger partial charge in [-0.2, -0.15) is 0 Å². The molecule has 1 saturated carbocycles. The monoisotopic (exact) mass is 421 g/mol. The van der Waals surface area contributed by atoms with Crippen LogP contribution < -0.4 is 0 Å². The van der Waals surface area contributed by atoms with Gasteiger partial charge in [-0.3, -0.25) is 0 Å². The quantitative estimate of drug-likeness (QED) is 0.486. The van der Waals surface area contributed by atoms with Crippen LogP contribution in [-0.2, 0) is 4.84 Å². The summed E-state index contributed by atoms with van der Waals surface area (Å²) in [7, 11) is 1.60. The number of thiazole rings is 1. The summed E-state index contributed by atoms with van der Waals surface area (Å²) in [5.41, 5.74) is 1.79. The van der Waals surface area contributed by atoms with Gasteiger partial charge in [0.1, 0.15) is 12.8 Å². The van der Waals surface area contributed by atoms with Crippen LogP contribution in [0.25, 0.3) is 0 Å². The Balaban J connectivity index is 1.74. The highest BCUT2D eigenvalue weighted by molar-refractivity contribution is 7.10. The Kier molecular flexibility index (Phi) is 7.19.